The van der Waals surface area contributed by atoms with Crippen LogP contribution < -0.4 is 0 Å². The van der Waals surface area contributed by atoms with Crippen LogP contribution in [0.2, 0.25) is 0 Å². The van der Waals surface area contributed by atoms with Crippen molar-refractivity contribution in [2.75, 3.05) is 0 Å². The fraction of sp³-hybridized carbons (Fsp3) is 0.357. The summed E-state index contributed by atoms with van der Waals surface area (Å²) in [4.78, 5) is 10.1. The summed E-state index contributed by atoms with van der Waals surface area (Å²) in [5.74, 6) is 0. The number of alkyl halides is 6. The SMILES string of the molecule is Cc1nn(C(C)c2ccc(C(F)(F)F)cc2C(F)(F)F)cc1[N+](=O)[O-]. The number of hydrogen-bond acceptors (Lipinski definition) is 3. The number of rotatable bonds is 3. The number of benzene rings is 1. The number of hydrogen-bond donors (Lipinski definition) is 0. The van der Waals surface area contributed by atoms with Gasteiger partial charge in [-0.2, -0.15) is 31.4 Å². The van der Waals surface area contributed by atoms with Crippen LogP contribution in [-0.2, 0) is 12.4 Å². The summed E-state index contributed by atoms with van der Waals surface area (Å²) >= 11 is 0. The highest BCUT2D eigenvalue weighted by molar-refractivity contribution is 5.39. The normalized spacial score (nSPS) is 13.8. The molecule has 1 aromatic carbocycles. The van der Waals surface area contributed by atoms with Crippen molar-refractivity contribution in [3.8, 4) is 0 Å². The van der Waals surface area contributed by atoms with E-state index < -0.39 is 45.7 Å². The molecule has 0 saturated heterocycles. The Morgan fingerprint density at radius 3 is 2.20 bits per heavy atom. The Bertz CT molecular complexity index is 810. The summed E-state index contributed by atoms with van der Waals surface area (Å²) in [6.45, 7) is 2.56. The first-order valence-electron chi connectivity index (χ1n) is 6.81. The fourth-order valence-electron chi connectivity index (χ4n) is 2.33. The minimum atomic E-state index is -5.03. The predicted octanol–water partition coefficient (Wildman–Crippen LogP) is 4.75. The molecule has 0 amide bonds. The van der Waals surface area contributed by atoms with Gasteiger partial charge in [0.25, 0.3) is 0 Å². The number of nitrogens with zero attached hydrogens (tertiary/aromatic N) is 3. The Labute approximate surface area is 137 Å². The zero-order valence-electron chi connectivity index (χ0n) is 12.8. The molecule has 0 aliphatic rings. The van der Waals surface area contributed by atoms with Crippen molar-refractivity contribution in [2.24, 2.45) is 0 Å². The van der Waals surface area contributed by atoms with E-state index in [-0.39, 0.29) is 11.8 Å². The lowest BCUT2D eigenvalue weighted by Crippen LogP contribution is -2.17. The molecule has 2 rings (SSSR count). The second kappa shape index (κ2) is 6.05. The molecule has 1 atom stereocenters. The molecule has 1 unspecified atom stereocenters. The molecule has 0 spiro atoms. The molecular formula is C14H11F6N3O2. The number of nitro groups is 1. The molecule has 0 aliphatic heterocycles. The molecule has 1 aromatic heterocycles. The number of aryl methyl sites for hydroxylation is 1. The molecule has 0 saturated carbocycles. The highest BCUT2D eigenvalue weighted by Gasteiger charge is 2.39. The first-order valence-corrected chi connectivity index (χ1v) is 6.81. The molecule has 25 heavy (non-hydrogen) atoms. The second-order valence-electron chi connectivity index (χ2n) is 5.31. The van der Waals surface area contributed by atoms with Gasteiger partial charge < -0.3 is 0 Å². The molecule has 11 heteroatoms. The van der Waals surface area contributed by atoms with Crippen molar-refractivity contribution in [1.29, 1.82) is 0 Å². The Morgan fingerprint density at radius 1 is 1.16 bits per heavy atom. The topological polar surface area (TPSA) is 61.0 Å². The van der Waals surface area contributed by atoms with Crippen LogP contribution >= 0.6 is 0 Å². The highest BCUT2D eigenvalue weighted by atomic mass is 19.4. The third-order valence-corrected chi connectivity index (χ3v) is 3.62. The van der Waals surface area contributed by atoms with Crippen LogP contribution in [0.5, 0.6) is 0 Å². The monoisotopic (exact) mass is 367 g/mol. The van der Waals surface area contributed by atoms with Gasteiger partial charge in [0.1, 0.15) is 11.9 Å². The maximum absolute atomic E-state index is 13.2. The van der Waals surface area contributed by atoms with Gasteiger partial charge in [-0.25, -0.2) is 0 Å². The van der Waals surface area contributed by atoms with Gasteiger partial charge in [0.05, 0.1) is 22.1 Å². The van der Waals surface area contributed by atoms with Gasteiger partial charge in [0.2, 0.25) is 0 Å². The Kier molecular flexibility index (Phi) is 4.53. The maximum atomic E-state index is 13.2. The molecule has 5 nitrogen and oxygen atoms in total. The maximum Gasteiger partial charge on any atom is 0.416 e. The fourth-order valence-corrected chi connectivity index (χ4v) is 2.33. The molecule has 0 aliphatic carbocycles. The zero-order chi connectivity index (χ0) is 19.2. The van der Waals surface area contributed by atoms with Crippen LogP contribution in [-0.4, -0.2) is 14.7 Å². The van der Waals surface area contributed by atoms with E-state index in [2.05, 4.69) is 5.10 Å². The first kappa shape index (κ1) is 18.7. The zero-order valence-corrected chi connectivity index (χ0v) is 12.8. The summed E-state index contributed by atoms with van der Waals surface area (Å²) in [5.41, 5.74) is -3.79. The smallest absolute Gasteiger partial charge is 0.258 e. The third kappa shape index (κ3) is 3.74. The summed E-state index contributed by atoms with van der Waals surface area (Å²) in [7, 11) is 0. The van der Waals surface area contributed by atoms with E-state index in [0.29, 0.717) is 12.1 Å². The lowest BCUT2D eigenvalue weighted by atomic mass is 9.98. The van der Waals surface area contributed by atoms with Gasteiger partial charge in [-0.1, -0.05) is 6.07 Å². The standard InChI is InChI=1S/C14H11F6N3O2/c1-7-12(23(24)25)6-22(21-7)8(2)10-4-3-9(13(15,16)17)5-11(10)14(18,19)20/h3-6,8H,1-2H3. The van der Waals surface area contributed by atoms with Crippen LogP contribution in [0.3, 0.4) is 0 Å². The molecule has 136 valence electrons. The van der Waals surface area contributed by atoms with E-state index in [1.165, 1.54) is 13.8 Å². The summed E-state index contributed by atoms with van der Waals surface area (Å²) < 4.78 is 78.6. The molecule has 0 fully saturated rings. The average molecular weight is 367 g/mol. The predicted molar refractivity (Wildman–Crippen MR) is 73.9 cm³/mol. The van der Waals surface area contributed by atoms with Crippen molar-refractivity contribution < 1.29 is 31.3 Å². The van der Waals surface area contributed by atoms with E-state index in [9.17, 15) is 36.5 Å². The van der Waals surface area contributed by atoms with Crippen LogP contribution in [0.4, 0.5) is 32.0 Å². The molecule has 0 N–H and O–H groups in total. The Balaban J connectivity index is 2.58. The quantitative estimate of drug-likeness (QED) is 0.447. The third-order valence-electron chi connectivity index (χ3n) is 3.62. The van der Waals surface area contributed by atoms with Crippen molar-refractivity contribution in [1.82, 2.24) is 9.78 Å². The van der Waals surface area contributed by atoms with E-state index in [1.54, 1.807) is 0 Å². The van der Waals surface area contributed by atoms with Crippen LogP contribution in [0.25, 0.3) is 0 Å². The lowest BCUT2D eigenvalue weighted by molar-refractivity contribution is -0.385. The van der Waals surface area contributed by atoms with Crippen molar-refractivity contribution >= 4 is 5.69 Å². The van der Waals surface area contributed by atoms with Gasteiger partial charge in [-0.3, -0.25) is 14.8 Å². The Morgan fingerprint density at radius 2 is 1.76 bits per heavy atom. The van der Waals surface area contributed by atoms with Crippen LogP contribution in [0.1, 0.15) is 35.3 Å². The largest absolute Gasteiger partial charge is 0.416 e. The molecule has 0 bridgehead atoms. The van der Waals surface area contributed by atoms with Gasteiger partial charge in [-0.05, 0) is 31.5 Å². The van der Waals surface area contributed by atoms with Crippen molar-refractivity contribution in [3.05, 3.63) is 56.9 Å². The number of halogens is 6. The number of aromatic nitrogens is 2. The molecular weight excluding hydrogens is 356 g/mol. The van der Waals surface area contributed by atoms with Crippen LogP contribution in [0.15, 0.2) is 24.4 Å². The second-order valence-corrected chi connectivity index (χ2v) is 5.31. The minimum absolute atomic E-state index is 0.0164. The summed E-state index contributed by atoms with van der Waals surface area (Å²) in [6.07, 6.45) is -9.01. The minimum Gasteiger partial charge on any atom is -0.258 e. The molecule has 0 radical (unpaired) electrons. The van der Waals surface area contributed by atoms with E-state index >= 15 is 0 Å². The van der Waals surface area contributed by atoms with Crippen molar-refractivity contribution in [3.63, 3.8) is 0 Å². The average Bonchev–Trinajstić information content (AvgIpc) is 2.86. The van der Waals surface area contributed by atoms with Crippen LogP contribution in [0, 0.1) is 17.0 Å². The van der Waals surface area contributed by atoms with E-state index in [4.69, 9.17) is 0 Å². The summed E-state index contributed by atoms with van der Waals surface area (Å²) in [6, 6.07) is 0.105. The van der Waals surface area contributed by atoms with Gasteiger partial charge in [0, 0.05) is 0 Å². The molecule has 2 aromatic rings. The first-order chi connectivity index (χ1) is 11.3. The highest BCUT2D eigenvalue weighted by Crippen LogP contribution is 2.40. The van der Waals surface area contributed by atoms with E-state index in [0.717, 1.165) is 10.9 Å². The molecule has 1 heterocycles. The Hall–Kier alpha value is -2.59. The van der Waals surface area contributed by atoms with E-state index in [1.807, 2.05) is 0 Å². The lowest BCUT2D eigenvalue weighted by Gasteiger charge is -2.20. The van der Waals surface area contributed by atoms with Crippen molar-refractivity contribution in [2.45, 2.75) is 32.2 Å². The van der Waals surface area contributed by atoms with Gasteiger partial charge in [-0.15, -0.1) is 0 Å². The van der Waals surface area contributed by atoms with Gasteiger partial charge in [0.15, 0.2) is 0 Å². The van der Waals surface area contributed by atoms with Gasteiger partial charge >= 0.3 is 18.0 Å². The summed E-state index contributed by atoms with van der Waals surface area (Å²) in [5, 5.41) is 14.6.